The quantitative estimate of drug-likeness (QED) is 0.164. The van der Waals surface area contributed by atoms with Gasteiger partial charge in [-0.3, -0.25) is 14.8 Å². The molecule has 214 valence electrons. The van der Waals surface area contributed by atoms with Crippen LogP contribution in [0.4, 0.5) is 23.3 Å². The monoisotopic (exact) mass is 569 g/mol. The van der Waals surface area contributed by atoms with E-state index in [0.717, 1.165) is 44.5 Å². The van der Waals surface area contributed by atoms with Crippen molar-refractivity contribution in [1.29, 1.82) is 0 Å². The fourth-order valence-electron chi connectivity index (χ4n) is 4.83. The minimum Gasteiger partial charge on any atom is -0.350 e. The summed E-state index contributed by atoms with van der Waals surface area (Å²) in [5.74, 6) is 1.03. The van der Waals surface area contributed by atoms with Gasteiger partial charge in [0.25, 0.3) is 5.91 Å². The first-order chi connectivity index (χ1) is 20.9. The number of benzene rings is 2. The summed E-state index contributed by atoms with van der Waals surface area (Å²) in [6.07, 6.45) is 7.08. The van der Waals surface area contributed by atoms with Gasteiger partial charge in [0, 0.05) is 46.7 Å². The molecule has 0 saturated carbocycles. The first-order valence-electron chi connectivity index (χ1n) is 14.0. The zero-order chi connectivity index (χ0) is 29.9. The van der Waals surface area contributed by atoms with Crippen molar-refractivity contribution in [3.8, 4) is 11.3 Å². The van der Waals surface area contributed by atoms with Gasteiger partial charge in [-0.05, 0) is 54.1 Å². The molecule has 1 amide bonds. The zero-order valence-electron chi connectivity index (χ0n) is 24.2. The van der Waals surface area contributed by atoms with Crippen molar-refractivity contribution in [3.05, 3.63) is 109 Å². The molecule has 0 radical (unpaired) electrons. The van der Waals surface area contributed by atoms with Gasteiger partial charge in [-0.1, -0.05) is 50.8 Å². The lowest BCUT2D eigenvalue weighted by Crippen LogP contribution is -2.12. The number of rotatable bonds is 9. The van der Waals surface area contributed by atoms with Crippen LogP contribution in [-0.4, -0.2) is 35.5 Å². The fourth-order valence-corrected chi connectivity index (χ4v) is 4.83. The van der Waals surface area contributed by atoms with Crippen LogP contribution >= 0.6 is 0 Å². The molecule has 4 aromatic heterocycles. The third-order valence-corrected chi connectivity index (χ3v) is 7.05. The van der Waals surface area contributed by atoms with E-state index < -0.39 is 0 Å². The number of hydrogen-bond acceptors (Lipinski definition) is 8. The molecule has 2 aromatic carbocycles. The van der Waals surface area contributed by atoms with E-state index in [-0.39, 0.29) is 11.8 Å². The molecule has 0 aliphatic rings. The Hall–Kier alpha value is -5.64. The van der Waals surface area contributed by atoms with Crippen molar-refractivity contribution >= 4 is 45.6 Å². The van der Waals surface area contributed by atoms with E-state index in [9.17, 15) is 4.79 Å². The van der Waals surface area contributed by atoms with E-state index >= 15 is 0 Å². The normalized spacial score (nSPS) is 11.2. The van der Waals surface area contributed by atoms with Gasteiger partial charge >= 0.3 is 0 Å². The van der Waals surface area contributed by atoms with Gasteiger partial charge in [0.1, 0.15) is 0 Å². The zero-order valence-corrected chi connectivity index (χ0v) is 24.2. The van der Waals surface area contributed by atoms with Crippen LogP contribution in [0.15, 0.2) is 97.6 Å². The number of carbonyl (C=O) groups excluding carboxylic acids is 1. The molecular weight excluding hydrogens is 538 g/mol. The van der Waals surface area contributed by atoms with Crippen molar-refractivity contribution in [1.82, 2.24) is 29.5 Å². The summed E-state index contributed by atoms with van der Waals surface area (Å²) >= 11 is 0. The number of anilines is 4. The van der Waals surface area contributed by atoms with Crippen LogP contribution < -0.4 is 16.0 Å². The molecular formula is C33H31N9O. The van der Waals surface area contributed by atoms with E-state index in [0.29, 0.717) is 29.7 Å². The summed E-state index contributed by atoms with van der Waals surface area (Å²) in [6.45, 7) is 10.1. The molecule has 0 aliphatic heterocycles. The van der Waals surface area contributed by atoms with Gasteiger partial charge in [-0.15, -0.1) is 0 Å². The van der Waals surface area contributed by atoms with E-state index in [2.05, 4.69) is 58.6 Å². The Kier molecular flexibility index (Phi) is 7.48. The van der Waals surface area contributed by atoms with Gasteiger partial charge in [-0.2, -0.15) is 19.6 Å². The van der Waals surface area contributed by atoms with E-state index in [1.807, 2.05) is 54.7 Å². The van der Waals surface area contributed by atoms with Crippen LogP contribution in [0.5, 0.6) is 0 Å². The Labute approximate surface area is 249 Å². The van der Waals surface area contributed by atoms with Crippen LogP contribution in [0.2, 0.25) is 0 Å². The Morgan fingerprint density at radius 2 is 1.84 bits per heavy atom. The lowest BCUT2D eigenvalue weighted by molar-refractivity contribution is -0.112. The number of carbonyl (C=O) groups is 1. The second-order valence-electron chi connectivity index (χ2n) is 10.6. The van der Waals surface area contributed by atoms with Gasteiger partial charge in [-0.25, -0.2) is 0 Å². The smallest absolute Gasteiger partial charge is 0.250 e. The highest BCUT2D eigenvalue weighted by atomic mass is 16.1. The molecule has 10 heteroatoms. The molecule has 6 rings (SSSR count). The van der Waals surface area contributed by atoms with Gasteiger partial charge in [0.2, 0.25) is 11.9 Å². The van der Waals surface area contributed by atoms with Crippen LogP contribution in [0.25, 0.3) is 27.7 Å². The molecule has 3 N–H and O–H groups in total. The predicted octanol–water partition coefficient (Wildman–Crippen LogP) is 6.73. The molecule has 0 bridgehead atoms. The third-order valence-electron chi connectivity index (χ3n) is 7.05. The average Bonchev–Trinajstić information content (AvgIpc) is 3.45. The molecule has 43 heavy (non-hydrogen) atoms. The SMILES string of the molecule is C=C(C)C(=O)Nc1ccc2c(-c3ccccc3CNc3nc(Nc4cccnc4)nc4c(C(C)C)cnn34)nccc2c1. The highest BCUT2D eigenvalue weighted by molar-refractivity contribution is 6.05. The molecule has 4 heterocycles. The highest BCUT2D eigenvalue weighted by Gasteiger charge is 2.17. The summed E-state index contributed by atoms with van der Waals surface area (Å²) in [5, 5.41) is 16.2. The van der Waals surface area contributed by atoms with E-state index in [1.54, 1.807) is 30.0 Å². The highest BCUT2D eigenvalue weighted by Crippen LogP contribution is 2.31. The van der Waals surface area contributed by atoms with Gasteiger partial charge in [0.15, 0.2) is 5.65 Å². The first kappa shape index (κ1) is 27.5. The maximum Gasteiger partial charge on any atom is 0.250 e. The third kappa shape index (κ3) is 5.76. The average molecular weight is 570 g/mol. The lowest BCUT2D eigenvalue weighted by Gasteiger charge is -2.15. The molecule has 0 aliphatic carbocycles. The topological polar surface area (TPSA) is 122 Å². The van der Waals surface area contributed by atoms with Crippen LogP contribution in [0.1, 0.15) is 37.8 Å². The Bertz CT molecular complexity index is 1960. The second-order valence-corrected chi connectivity index (χ2v) is 10.6. The molecule has 6 aromatic rings. The maximum absolute atomic E-state index is 12.1. The van der Waals surface area contributed by atoms with E-state index in [4.69, 9.17) is 15.0 Å². The second kappa shape index (κ2) is 11.7. The number of fused-ring (bicyclic) bond motifs is 2. The van der Waals surface area contributed by atoms with E-state index in [1.165, 1.54) is 0 Å². The Balaban J connectivity index is 1.34. The molecule has 0 atom stereocenters. The number of nitrogens with one attached hydrogen (secondary N) is 3. The number of pyridine rings is 2. The summed E-state index contributed by atoms with van der Waals surface area (Å²) < 4.78 is 1.74. The van der Waals surface area contributed by atoms with Crippen molar-refractivity contribution in [2.75, 3.05) is 16.0 Å². The summed E-state index contributed by atoms with van der Waals surface area (Å²) in [4.78, 5) is 30.6. The number of amides is 1. The van der Waals surface area contributed by atoms with Crippen molar-refractivity contribution < 1.29 is 4.79 Å². The lowest BCUT2D eigenvalue weighted by atomic mass is 9.99. The van der Waals surface area contributed by atoms with Gasteiger partial charge in [0.05, 0.1) is 23.8 Å². The minimum atomic E-state index is -0.208. The molecule has 0 spiro atoms. The van der Waals surface area contributed by atoms with Crippen LogP contribution in [-0.2, 0) is 11.3 Å². The molecule has 0 unspecified atom stereocenters. The number of hydrogen-bond donors (Lipinski definition) is 3. The maximum atomic E-state index is 12.1. The molecule has 0 fully saturated rings. The van der Waals surface area contributed by atoms with Crippen LogP contribution in [0, 0.1) is 0 Å². The minimum absolute atomic E-state index is 0.208. The van der Waals surface area contributed by atoms with Crippen molar-refractivity contribution in [2.24, 2.45) is 0 Å². The molecule has 0 saturated heterocycles. The summed E-state index contributed by atoms with van der Waals surface area (Å²) in [7, 11) is 0. The Morgan fingerprint density at radius 1 is 0.977 bits per heavy atom. The van der Waals surface area contributed by atoms with Crippen LogP contribution in [0.3, 0.4) is 0 Å². The fraction of sp³-hybridized carbons (Fsp3) is 0.152. The van der Waals surface area contributed by atoms with Crippen molar-refractivity contribution in [2.45, 2.75) is 33.2 Å². The Morgan fingerprint density at radius 3 is 2.63 bits per heavy atom. The standard InChI is InChI=1S/C33H31N9O/c1-20(2)28-19-37-42-30(28)40-32(39-25-9-7-14-34-18-25)41-33(42)36-17-23-8-5-6-10-26(23)29-27-12-11-24(38-31(43)21(3)4)16-22(27)13-15-35-29/h5-16,18-20H,3,17H2,1-2,4H3,(H,38,43)(H2,36,39,40,41). The molecule has 10 nitrogen and oxygen atoms in total. The number of nitrogens with zero attached hydrogens (tertiary/aromatic N) is 6. The predicted molar refractivity (Wildman–Crippen MR) is 170 cm³/mol. The van der Waals surface area contributed by atoms with Gasteiger partial charge < -0.3 is 16.0 Å². The first-order valence-corrected chi connectivity index (χ1v) is 14.0. The summed E-state index contributed by atoms with van der Waals surface area (Å²) in [5.41, 5.74) is 6.58. The summed E-state index contributed by atoms with van der Waals surface area (Å²) in [6, 6.07) is 19.7. The largest absolute Gasteiger partial charge is 0.350 e. The van der Waals surface area contributed by atoms with Crippen molar-refractivity contribution in [3.63, 3.8) is 0 Å². The number of aromatic nitrogens is 6.